The van der Waals surface area contributed by atoms with Gasteiger partial charge in [-0.3, -0.25) is 9.59 Å². The van der Waals surface area contributed by atoms with Crippen molar-refractivity contribution in [3.63, 3.8) is 0 Å². The summed E-state index contributed by atoms with van der Waals surface area (Å²) in [6.45, 7) is 4.62. The van der Waals surface area contributed by atoms with Crippen LogP contribution in [0.4, 0.5) is 4.79 Å². The van der Waals surface area contributed by atoms with Crippen LogP contribution in [-0.2, 0) is 20.7 Å². The van der Waals surface area contributed by atoms with Gasteiger partial charge >= 0.3 is 6.09 Å². The van der Waals surface area contributed by atoms with Gasteiger partial charge < -0.3 is 9.84 Å². The van der Waals surface area contributed by atoms with Crippen molar-refractivity contribution in [1.82, 2.24) is 4.90 Å². The highest BCUT2D eigenvalue weighted by molar-refractivity contribution is 6.07. The van der Waals surface area contributed by atoms with Gasteiger partial charge in [0.1, 0.15) is 12.7 Å². The van der Waals surface area contributed by atoms with E-state index >= 15 is 0 Å². The molecule has 1 aliphatic rings. The zero-order valence-electron chi connectivity index (χ0n) is 15.1. The van der Waals surface area contributed by atoms with Gasteiger partial charge in [-0.15, -0.1) is 5.92 Å². The number of ether oxygens (including phenoxy) is 1. The largest absolute Gasteiger partial charge is 0.447 e. The lowest BCUT2D eigenvalue weighted by Crippen LogP contribution is -2.46. The predicted molar refractivity (Wildman–Crippen MR) is 94.9 cm³/mol. The van der Waals surface area contributed by atoms with Gasteiger partial charge in [0.15, 0.2) is 5.78 Å². The maximum absolute atomic E-state index is 12.8. The van der Waals surface area contributed by atoms with E-state index in [4.69, 9.17) is 4.74 Å². The molecule has 1 saturated heterocycles. The molecule has 1 aromatic rings. The van der Waals surface area contributed by atoms with Crippen molar-refractivity contribution < 1.29 is 24.2 Å². The quantitative estimate of drug-likeness (QED) is 0.620. The summed E-state index contributed by atoms with van der Waals surface area (Å²) in [5, 5.41) is 9.87. The van der Waals surface area contributed by atoms with Crippen LogP contribution in [0.25, 0.3) is 0 Å². The molecule has 0 radical (unpaired) electrons. The maximum atomic E-state index is 12.8. The molecule has 1 aromatic carbocycles. The Morgan fingerprint density at radius 1 is 1.31 bits per heavy atom. The van der Waals surface area contributed by atoms with Gasteiger partial charge in [0, 0.05) is 0 Å². The molecule has 2 rings (SSSR count). The third kappa shape index (κ3) is 4.30. The number of rotatable bonds is 6. The van der Waals surface area contributed by atoms with Crippen molar-refractivity contribution in [1.29, 1.82) is 0 Å². The zero-order valence-corrected chi connectivity index (χ0v) is 15.1. The van der Waals surface area contributed by atoms with E-state index in [-0.39, 0.29) is 6.61 Å². The lowest BCUT2D eigenvalue weighted by molar-refractivity contribution is -0.141. The molecule has 26 heavy (non-hydrogen) atoms. The van der Waals surface area contributed by atoms with Crippen molar-refractivity contribution >= 4 is 17.8 Å². The fraction of sp³-hybridized carbons (Fsp3) is 0.450. The van der Waals surface area contributed by atoms with Crippen LogP contribution in [0.3, 0.4) is 0 Å². The monoisotopic (exact) mass is 357 g/mol. The highest BCUT2D eigenvalue weighted by atomic mass is 16.6. The highest BCUT2D eigenvalue weighted by Crippen LogP contribution is 2.22. The number of ketones is 1. The summed E-state index contributed by atoms with van der Waals surface area (Å²) in [7, 11) is 0. The van der Waals surface area contributed by atoms with E-state index in [1.807, 2.05) is 30.3 Å². The third-order valence-electron chi connectivity index (χ3n) is 4.52. The fourth-order valence-electron chi connectivity index (χ4n) is 2.92. The molecule has 1 N–H and O–H groups in total. The Labute approximate surface area is 153 Å². The minimum Gasteiger partial charge on any atom is -0.447 e. The molecule has 1 aliphatic heterocycles. The van der Waals surface area contributed by atoms with Crippen LogP contribution in [0, 0.1) is 23.7 Å². The van der Waals surface area contributed by atoms with E-state index in [0.29, 0.717) is 6.42 Å². The number of imide groups is 1. The van der Waals surface area contributed by atoms with Crippen LogP contribution in [0.15, 0.2) is 30.3 Å². The first kappa shape index (κ1) is 19.7. The molecule has 0 aliphatic carbocycles. The van der Waals surface area contributed by atoms with Gasteiger partial charge in [-0.05, 0) is 25.8 Å². The van der Waals surface area contributed by atoms with E-state index in [1.54, 1.807) is 6.92 Å². The number of aliphatic hydroxyl groups excluding tert-OH is 1. The Bertz CT molecular complexity index is 734. The van der Waals surface area contributed by atoms with Gasteiger partial charge in [0.2, 0.25) is 5.91 Å². The molecule has 1 heterocycles. The zero-order chi connectivity index (χ0) is 19.3. The number of nitrogens with zero attached hydrogens (tertiary/aromatic N) is 1. The van der Waals surface area contributed by atoms with Crippen molar-refractivity contribution in [2.45, 2.75) is 39.3 Å². The topological polar surface area (TPSA) is 83.9 Å². The van der Waals surface area contributed by atoms with Crippen LogP contribution in [-0.4, -0.2) is 46.5 Å². The summed E-state index contributed by atoms with van der Waals surface area (Å²) in [4.78, 5) is 38.3. The Hall–Kier alpha value is -2.65. The highest BCUT2D eigenvalue weighted by Gasteiger charge is 2.42. The molecule has 6 heteroatoms. The summed E-state index contributed by atoms with van der Waals surface area (Å²) in [5.41, 5.74) is 0.967. The van der Waals surface area contributed by atoms with Crippen LogP contribution in [0.1, 0.15) is 26.3 Å². The molecule has 0 saturated carbocycles. The lowest BCUT2D eigenvalue weighted by atomic mass is 9.90. The number of hydrogen-bond acceptors (Lipinski definition) is 5. The van der Waals surface area contributed by atoms with Gasteiger partial charge in [-0.2, -0.15) is 0 Å². The number of benzene rings is 1. The van der Waals surface area contributed by atoms with Gasteiger partial charge in [-0.25, -0.2) is 9.69 Å². The minimum atomic E-state index is -1.15. The Morgan fingerprint density at radius 2 is 1.96 bits per heavy atom. The van der Waals surface area contributed by atoms with Crippen molar-refractivity contribution in [3.05, 3.63) is 35.9 Å². The molecule has 2 amide bonds. The number of hydrogen-bond donors (Lipinski definition) is 1. The Morgan fingerprint density at radius 3 is 2.58 bits per heavy atom. The van der Waals surface area contributed by atoms with Crippen molar-refractivity contribution in [2.75, 3.05) is 6.61 Å². The van der Waals surface area contributed by atoms with E-state index in [9.17, 15) is 19.5 Å². The molecule has 138 valence electrons. The van der Waals surface area contributed by atoms with Crippen LogP contribution in [0.2, 0.25) is 0 Å². The molecule has 1 fully saturated rings. The second-order valence-corrected chi connectivity index (χ2v) is 6.38. The number of aliphatic hydroxyl groups is 1. The summed E-state index contributed by atoms with van der Waals surface area (Å²) < 4.78 is 5.03. The fourth-order valence-corrected chi connectivity index (χ4v) is 2.92. The first-order chi connectivity index (χ1) is 12.4. The number of carbonyl (C=O) groups excluding carboxylic acids is 3. The predicted octanol–water partition coefficient (Wildman–Crippen LogP) is 1.80. The van der Waals surface area contributed by atoms with Gasteiger partial charge in [0.25, 0.3) is 0 Å². The summed E-state index contributed by atoms with van der Waals surface area (Å²) in [6, 6.07) is 8.99. The molecular formula is C20H23NO5. The van der Waals surface area contributed by atoms with E-state index in [2.05, 4.69) is 11.8 Å². The Kier molecular flexibility index (Phi) is 6.53. The molecule has 3 unspecified atom stereocenters. The third-order valence-corrected chi connectivity index (χ3v) is 4.52. The van der Waals surface area contributed by atoms with E-state index in [0.717, 1.165) is 10.5 Å². The summed E-state index contributed by atoms with van der Waals surface area (Å²) in [6.07, 6.45) is -1.43. The number of amides is 2. The molecule has 0 spiro atoms. The summed E-state index contributed by atoms with van der Waals surface area (Å²) in [5.74, 6) is 2.10. The standard InChI is InChI=1S/C20H23NO5/c1-4-8-17(22)13(2)18(23)14(3)19(24)21-16(12-26-20(21)25)11-15-9-6-5-7-10-15/h5-7,9-10,13-14,16-17,22H,11-12H2,1-3H3/t13?,14-,16?,17?/m0/s1. The van der Waals surface area contributed by atoms with Crippen molar-refractivity contribution in [3.8, 4) is 11.8 Å². The molecule has 6 nitrogen and oxygen atoms in total. The van der Waals surface area contributed by atoms with Crippen LogP contribution < -0.4 is 0 Å². The van der Waals surface area contributed by atoms with E-state index < -0.39 is 41.8 Å². The minimum absolute atomic E-state index is 0.0971. The Balaban J connectivity index is 2.12. The van der Waals surface area contributed by atoms with E-state index in [1.165, 1.54) is 13.8 Å². The summed E-state index contributed by atoms with van der Waals surface area (Å²) >= 11 is 0. The average molecular weight is 357 g/mol. The first-order valence-electron chi connectivity index (χ1n) is 8.54. The van der Waals surface area contributed by atoms with Gasteiger partial charge in [0.05, 0.1) is 17.9 Å². The normalized spacial score (nSPS) is 19.8. The second-order valence-electron chi connectivity index (χ2n) is 6.38. The van der Waals surface area contributed by atoms with Crippen LogP contribution in [0.5, 0.6) is 0 Å². The second kappa shape index (κ2) is 8.63. The molecular weight excluding hydrogens is 334 g/mol. The maximum Gasteiger partial charge on any atom is 0.417 e. The van der Waals surface area contributed by atoms with Crippen molar-refractivity contribution in [2.24, 2.45) is 11.8 Å². The average Bonchev–Trinajstić information content (AvgIpc) is 3.00. The number of cyclic esters (lactones) is 1. The first-order valence-corrected chi connectivity index (χ1v) is 8.54. The van der Waals surface area contributed by atoms with Gasteiger partial charge in [-0.1, -0.05) is 43.2 Å². The number of carbonyl (C=O) groups is 3. The SMILES string of the molecule is CC#CC(O)C(C)C(=O)[C@H](C)C(=O)N1C(=O)OCC1Cc1ccccc1. The lowest BCUT2D eigenvalue weighted by Gasteiger charge is -2.24. The molecule has 4 atom stereocenters. The van der Waals surface area contributed by atoms with Crippen LogP contribution >= 0.6 is 0 Å². The number of Topliss-reactive ketones (excluding diaryl/α,β-unsaturated/α-hetero) is 1. The molecule has 0 aromatic heterocycles. The molecule has 0 bridgehead atoms. The smallest absolute Gasteiger partial charge is 0.417 e.